The molecule has 2 heterocycles. The molecule has 86 valence electrons. The Morgan fingerprint density at radius 3 is 2.88 bits per heavy atom. The minimum absolute atomic E-state index is 0.0502. The predicted molar refractivity (Wildman–Crippen MR) is 60.8 cm³/mol. The van der Waals surface area contributed by atoms with E-state index >= 15 is 0 Å². The van der Waals surface area contributed by atoms with E-state index in [1.54, 1.807) is 12.1 Å². The average molecular weight is 232 g/mol. The fourth-order valence-electron chi connectivity index (χ4n) is 1.24. The molecular formula is C11H9FN4O. The largest absolute Gasteiger partial charge is 0.384 e. The number of pyridine rings is 2. The fourth-order valence-corrected chi connectivity index (χ4v) is 1.24. The van der Waals surface area contributed by atoms with E-state index in [2.05, 4.69) is 15.3 Å². The molecule has 0 spiro atoms. The predicted octanol–water partition coefficient (Wildman–Crippen LogP) is 1.45. The Balaban J connectivity index is 2.20. The molecule has 0 radical (unpaired) electrons. The van der Waals surface area contributed by atoms with Crippen LogP contribution in [0.2, 0.25) is 0 Å². The Morgan fingerprint density at radius 1 is 1.35 bits per heavy atom. The number of nitrogens with one attached hydrogen (secondary N) is 1. The third kappa shape index (κ3) is 2.54. The summed E-state index contributed by atoms with van der Waals surface area (Å²) in [7, 11) is 0. The Hall–Kier alpha value is -2.50. The first kappa shape index (κ1) is 11.0. The third-order valence-corrected chi connectivity index (χ3v) is 2.02. The van der Waals surface area contributed by atoms with E-state index in [1.807, 2.05) is 0 Å². The molecule has 0 aliphatic heterocycles. The van der Waals surface area contributed by atoms with Crippen molar-refractivity contribution in [2.75, 3.05) is 11.1 Å². The molecule has 0 fully saturated rings. The molecule has 2 rings (SSSR count). The molecule has 0 saturated carbocycles. The number of anilines is 2. The summed E-state index contributed by atoms with van der Waals surface area (Å²) in [6.07, 6.45) is 2.40. The van der Waals surface area contributed by atoms with Gasteiger partial charge in [-0.15, -0.1) is 0 Å². The summed E-state index contributed by atoms with van der Waals surface area (Å²) in [5.74, 6) is -0.903. The van der Waals surface area contributed by atoms with Crippen LogP contribution in [0.25, 0.3) is 0 Å². The summed E-state index contributed by atoms with van der Waals surface area (Å²) >= 11 is 0. The number of nitrogens with zero attached hydrogens (tertiary/aromatic N) is 2. The van der Waals surface area contributed by atoms with Crippen molar-refractivity contribution in [3.63, 3.8) is 0 Å². The zero-order valence-electron chi connectivity index (χ0n) is 8.72. The zero-order valence-corrected chi connectivity index (χ0v) is 8.72. The van der Waals surface area contributed by atoms with Crippen LogP contribution in [0.5, 0.6) is 0 Å². The van der Waals surface area contributed by atoms with Crippen molar-refractivity contribution in [2.45, 2.75) is 0 Å². The normalized spacial score (nSPS) is 9.94. The summed E-state index contributed by atoms with van der Waals surface area (Å²) in [5.41, 5.74) is 5.62. The van der Waals surface area contributed by atoms with Crippen LogP contribution in [0.3, 0.4) is 0 Å². The number of aromatic nitrogens is 2. The number of hydrogen-bond acceptors (Lipinski definition) is 4. The monoisotopic (exact) mass is 232 g/mol. The van der Waals surface area contributed by atoms with Gasteiger partial charge in [-0.1, -0.05) is 6.07 Å². The molecule has 2 aromatic heterocycles. The minimum atomic E-state index is -0.607. The molecule has 3 N–H and O–H groups in total. The van der Waals surface area contributed by atoms with Crippen molar-refractivity contribution < 1.29 is 9.18 Å². The summed E-state index contributed by atoms with van der Waals surface area (Å²) < 4.78 is 13.2. The van der Waals surface area contributed by atoms with Gasteiger partial charge < -0.3 is 11.1 Å². The maximum absolute atomic E-state index is 13.2. The summed E-state index contributed by atoms with van der Waals surface area (Å²) in [4.78, 5) is 19.1. The molecule has 2 aromatic rings. The third-order valence-electron chi connectivity index (χ3n) is 2.02. The fraction of sp³-hybridized carbons (Fsp3) is 0. The molecule has 0 unspecified atom stereocenters. The summed E-state index contributed by atoms with van der Waals surface area (Å²) in [6.45, 7) is 0. The van der Waals surface area contributed by atoms with Crippen LogP contribution in [0.15, 0.2) is 36.7 Å². The van der Waals surface area contributed by atoms with Crippen LogP contribution in [0.4, 0.5) is 15.9 Å². The number of nitrogens with two attached hydrogens (primary N) is 1. The van der Waals surface area contributed by atoms with Crippen molar-refractivity contribution in [1.29, 1.82) is 0 Å². The highest BCUT2D eigenvalue weighted by Crippen LogP contribution is 2.12. The lowest BCUT2D eigenvalue weighted by atomic mass is 10.3. The second-order valence-corrected chi connectivity index (χ2v) is 3.26. The second-order valence-electron chi connectivity index (χ2n) is 3.26. The van der Waals surface area contributed by atoms with Crippen molar-refractivity contribution in [1.82, 2.24) is 9.97 Å². The first-order chi connectivity index (χ1) is 8.16. The summed E-state index contributed by atoms with van der Waals surface area (Å²) in [5, 5.41) is 2.38. The van der Waals surface area contributed by atoms with Crippen molar-refractivity contribution in [3.8, 4) is 0 Å². The number of amides is 1. The Kier molecular flexibility index (Phi) is 2.95. The molecule has 0 saturated heterocycles. The van der Waals surface area contributed by atoms with E-state index in [9.17, 15) is 9.18 Å². The molecule has 0 bridgehead atoms. The van der Waals surface area contributed by atoms with Gasteiger partial charge in [-0.25, -0.2) is 9.37 Å². The van der Waals surface area contributed by atoms with E-state index in [0.29, 0.717) is 0 Å². The van der Waals surface area contributed by atoms with Gasteiger partial charge in [0, 0.05) is 6.20 Å². The van der Waals surface area contributed by atoms with E-state index in [-0.39, 0.29) is 17.2 Å². The number of rotatable bonds is 2. The molecule has 1 amide bonds. The van der Waals surface area contributed by atoms with Crippen molar-refractivity contribution in [2.24, 2.45) is 0 Å². The van der Waals surface area contributed by atoms with E-state index < -0.39 is 11.7 Å². The van der Waals surface area contributed by atoms with Crippen LogP contribution in [0, 0.1) is 5.82 Å². The maximum Gasteiger partial charge on any atom is 0.274 e. The topological polar surface area (TPSA) is 80.9 Å². The van der Waals surface area contributed by atoms with Crippen LogP contribution in [-0.2, 0) is 0 Å². The lowest BCUT2D eigenvalue weighted by Crippen LogP contribution is -2.15. The lowest BCUT2D eigenvalue weighted by molar-refractivity contribution is 0.102. The van der Waals surface area contributed by atoms with Gasteiger partial charge in [0.1, 0.15) is 11.5 Å². The first-order valence-corrected chi connectivity index (χ1v) is 4.80. The Labute approximate surface area is 96.5 Å². The van der Waals surface area contributed by atoms with Gasteiger partial charge in [0.25, 0.3) is 5.91 Å². The number of carbonyl (C=O) groups excluding carboxylic acids is 1. The second kappa shape index (κ2) is 4.56. The highest BCUT2D eigenvalue weighted by Gasteiger charge is 2.10. The molecule has 0 aliphatic carbocycles. The van der Waals surface area contributed by atoms with Crippen LogP contribution in [-0.4, -0.2) is 15.9 Å². The van der Waals surface area contributed by atoms with Crippen LogP contribution < -0.4 is 11.1 Å². The lowest BCUT2D eigenvalue weighted by Gasteiger charge is -2.05. The molecule has 0 atom stereocenters. The number of carbonyl (C=O) groups is 1. The number of halogens is 1. The Bertz CT molecular complexity index is 559. The van der Waals surface area contributed by atoms with E-state index in [0.717, 1.165) is 6.20 Å². The summed E-state index contributed by atoms with van der Waals surface area (Å²) in [6, 6.07) is 6.01. The van der Waals surface area contributed by atoms with Gasteiger partial charge in [0.05, 0.1) is 11.9 Å². The molecule has 5 nitrogen and oxygen atoms in total. The van der Waals surface area contributed by atoms with Crippen LogP contribution in [0.1, 0.15) is 10.5 Å². The van der Waals surface area contributed by atoms with E-state index in [1.165, 1.54) is 18.3 Å². The standard InChI is InChI=1S/C11H9FN4O/c12-7-6-14-5-4-8(7)16-11(17)9-2-1-3-10(13)15-9/h1-6H,(H2,13,15)(H,14,16,17). The zero-order chi connectivity index (χ0) is 12.3. The molecular weight excluding hydrogens is 223 g/mol. The van der Waals surface area contributed by atoms with Crippen molar-refractivity contribution in [3.05, 3.63) is 48.2 Å². The highest BCUT2D eigenvalue weighted by atomic mass is 19.1. The Morgan fingerprint density at radius 2 is 2.18 bits per heavy atom. The maximum atomic E-state index is 13.2. The van der Waals surface area contributed by atoms with Gasteiger partial charge >= 0.3 is 0 Å². The van der Waals surface area contributed by atoms with Crippen LogP contribution >= 0.6 is 0 Å². The van der Waals surface area contributed by atoms with E-state index in [4.69, 9.17) is 5.73 Å². The molecule has 0 aromatic carbocycles. The van der Waals surface area contributed by atoms with Gasteiger partial charge in [-0.05, 0) is 18.2 Å². The highest BCUT2D eigenvalue weighted by molar-refractivity contribution is 6.03. The minimum Gasteiger partial charge on any atom is -0.384 e. The molecule has 17 heavy (non-hydrogen) atoms. The number of nitrogen functional groups attached to an aromatic ring is 1. The SMILES string of the molecule is Nc1cccc(C(=O)Nc2ccncc2F)n1. The van der Waals surface area contributed by atoms with Crippen molar-refractivity contribution >= 4 is 17.4 Å². The van der Waals surface area contributed by atoms with Gasteiger partial charge in [-0.2, -0.15) is 0 Å². The quantitative estimate of drug-likeness (QED) is 0.821. The number of hydrogen-bond donors (Lipinski definition) is 2. The van der Waals surface area contributed by atoms with Gasteiger partial charge in [0.15, 0.2) is 5.82 Å². The molecule has 0 aliphatic rings. The van der Waals surface area contributed by atoms with Gasteiger partial charge in [0.2, 0.25) is 0 Å². The smallest absolute Gasteiger partial charge is 0.274 e. The molecule has 6 heteroatoms. The van der Waals surface area contributed by atoms with Gasteiger partial charge in [-0.3, -0.25) is 9.78 Å². The first-order valence-electron chi connectivity index (χ1n) is 4.80. The average Bonchev–Trinajstić information content (AvgIpc) is 2.32.